The van der Waals surface area contributed by atoms with Gasteiger partial charge in [-0.1, -0.05) is 0 Å². The number of nitrogens with two attached hydrogens (primary N) is 1. The molecular formula is C11H5BrF3N3O3. The second-order valence-electron chi connectivity index (χ2n) is 3.74. The Morgan fingerprint density at radius 1 is 1.19 bits per heavy atom. The van der Waals surface area contributed by atoms with Crippen molar-refractivity contribution < 1.29 is 22.8 Å². The first-order valence-corrected chi connectivity index (χ1v) is 6.01. The Morgan fingerprint density at radius 3 is 2.48 bits per heavy atom. The summed E-state index contributed by atoms with van der Waals surface area (Å²) in [7, 11) is 0. The molecule has 0 amide bonds. The van der Waals surface area contributed by atoms with Crippen LogP contribution in [-0.4, -0.2) is 9.91 Å². The second kappa shape index (κ2) is 5.56. The summed E-state index contributed by atoms with van der Waals surface area (Å²) < 4.78 is 44.5. The van der Waals surface area contributed by atoms with Crippen LogP contribution in [0.2, 0.25) is 0 Å². The van der Waals surface area contributed by atoms with Gasteiger partial charge in [0, 0.05) is 18.2 Å². The number of aromatic nitrogens is 1. The minimum absolute atomic E-state index is 0.173. The number of hydrogen-bond acceptors (Lipinski definition) is 5. The van der Waals surface area contributed by atoms with Gasteiger partial charge in [0.25, 0.3) is 5.88 Å². The highest BCUT2D eigenvalue weighted by molar-refractivity contribution is 9.10. The monoisotopic (exact) mass is 363 g/mol. The van der Waals surface area contributed by atoms with E-state index < -0.39 is 45.5 Å². The molecule has 0 aliphatic carbocycles. The van der Waals surface area contributed by atoms with E-state index in [2.05, 4.69) is 20.9 Å². The molecule has 1 heterocycles. The number of nitro benzene ring substituents is 1. The largest absolute Gasteiger partial charge is 0.429 e. The molecule has 0 saturated carbocycles. The Labute approximate surface area is 123 Å². The van der Waals surface area contributed by atoms with E-state index in [0.717, 1.165) is 6.07 Å². The van der Waals surface area contributed by atoms with Crippen LogP contribution in [0.5, 0.6) is 11.6 Å². The standard InChI is InChI=1S/C11H5BrF3N3O3/c12-4-1-8(18(19)20)9(3-5(4)13)21-11-7(15)2-6(14)10(16)17-11/h1-3H,(H2,16,17). The van der Waals surface area contributed by atoms with Crippen LogP contribution in [0.3, 0.4) is 0 Å². The molecule has 21 heavy (non-hydrogen) atoms. The fourth-order valence-electron chi connectivity index (χ4n) is 1.38. The Hall–Kier alpha value is -2.36. The Kier molecular flexibility index (Phi) is 3.98. The van der Waals surface area contributed by atoms with Crippen LogP contribution in [-0.2, 0) is 0 Å². The van der Waals surface area contributed by atoms with E-state index in [1.54, 1.807) is 0 Å². The number of nitro groups is 1. The van der Waals surface area contributed by atoms with Gasteiger partial charge in [0.2, 0.25) is 5.75 Å². The van der Waals surface area contributed by atoms with Crippen molar-refractivity contribution in [2.45, 2.75) is 0 Å². The first-order chi connectivity index (χ1) is 9.79. The maximum Gasteiger partial charge on any atom is 0.312 e. The molecule has 0 saturated heterocycles. The minimum Gasteiger partial charge on any atom is -0.429 e. The summed E-state index contributed by atoms with van der Waals surface area (Å²) in [5.74, 6) is -5.29. The number of anilines is 1. The Bertz CT molecular complexity index is 742. The lowest BCUT2D eigenvalue weighted by Gasteiger charge is -2.08. The highest BCUT2D eigenvalue weighted by Gasteiger charge is 2.22. The molecule has 0 spiro atoms. The summed E-state index contributed by atoms with van der Waals surface area (Å²) in [5, 5.41) is 10.9. The second-order valence-corrected chi connectivity index (χ2v) is 4.59. The Balaban J connectivity index is 2.51. The first kappa shape index (κ1) is 15.0. The quantitative estimate of drug-likeness (QED) is 0.665. The van der Waals surface area contributed by atoms with Crippen molar-refractivity contribution >= 4 is 27.4 Å². The molecule has 2 aromatic rings. The molecule has 0 atom stereocenters. The molecule has 2 N–H and O–H groups in total. The van der Waals surface area contributed by atoms with E-state index in [-0.39, 0.29) is 4.47 Å². The van der Waals surface area contributed by atoms with Gasteiger partial charge in [0.05, 0.1) is 9.40 Å². The Morgan fingerprint density at radius 2 is 1.86 bits per heavy atom. The molecule has 1 aromatic heterocycles. The van der Waals surface area contributed by atoms with Crippen molar-refractivity contribution in [1.82, 2.24) is 4.98 Å². The molecule has 0 bridgehead atoms. The fourth-order valence-corrected chi connectivity index (χ4v) is 1.71. The number of benzene rings is 1. The number of pyridine rings is 1. The molecule has 0 fully saturated rings. The van der Waals surface area contributed by atoms with Crippen molar-refractivity contribution in [3.63, 3.8) is 0 Å². The smallest absolute Gasteiger partial charge is 0.312 e. The molecular weight excluding hydrogens is 359 g/mol. The van der Waals surface area contributed by atoms with Gasteiger partial charge in [-0.3, -0.25) is 10.1 Å². The maximum atomic E-state index is 13.5. The summed E-state index contributed by atoms with van der Waals surface area (Å²) in [6, 6.07) is 1.91. The van der Waals surface area contributed by atoms with Gasteiger partial charge < -0.3 is 10.5 Å². The summed E-state index contributed by atoms with van der Waals surface area (Å²) in [4.78, 5) is 13.3. The molecule has 0 unspecified atom stereocenters. The maximum absolute atomic E-state index is 13.5. The topological polar surface area (TPSA) is 91.3 Å². The van der Waals surface area contributed by atoms with Crippen molar-refractivity contribution in [3.05, 3.63) is 50.2 Å². The van der Waals surface area contributed by atoms with Crippen LogP contribution in [0.15, 0.2) is 22.7 Å². The van der Waals surface area contributed by atoms with Crippen molar-refractivity contribution in [2.24, 2.45) is 0 Å². The third-order valence-electron chi connectivity index (χ3n) is 2.33. The molecule has 110 valence electrons. The lowest BCUT2D eigenvalue weighted by atomic mass is 10.3. The molecule has 0 aliphatic heterocycles. The van der Waals surface area contributed by atoms with E-state index in [1.807, 2.05) is 0 Å². The van der Waals surface area contributed by atoms with Gasteiger partial charge >= 0.3 is 5.69 Å². The zero-order valence-electron chi connectivity index (χ0n) is 9.94. The lowest BCUT2D eigenvalue weighted by molar-refractivity contribution is -0.385. The average molecular weight is 364 g/mol. The van der Waals surface area contributed by atoms with Crippen LogP contribution >= 0.6 is 15.9 Å². The van der Waals surface area contributed by atoms with Crippen molar-refractivity contribution in [1.29, 1.82) is 0 Å². The number of ether oxygens (including phenoxy) is 1. The lowest BCUT2D eigenvalue weighted by Crippen LogP contribution is -2.02. The van der Waals surface area contributed by atoms with Crippen molar-refractivity contribution in [2.75, 3.05) is 5.73 Å². The van der Waals surface area contributed by atoms with Crippen LogP contribution in [0.1, 0.15) is 0 Å². The van der Waals surface area contributed by atoms with Gasteiger partial charge in [0.15, 0.2) is 17.5 Å². The minimum atomic E-state index is -1.24. The number of nitrogen functional groups attached to an aromatic ring is 1. The molecule has 10 heteroatoms. The van der Waals surface area contributed by atoms with E-state index in [0.29, 0.717) is 12.1 Å². The van der Waals surface area contributed by atoms with Crippen LogP contribution in [0.4, 0.5) is 24.7 Å². The third-order valence-corrected chi connectivity index (χ3v) is 2.94. The summed E-state index contributed by atoms with van der Waals surface area (Å²) in [5.41, 5.74) is 4.51. The number of rotatable bonds is 3. The SMILES string of the molecule is Nc1nc(Oc2cc(F)c(Br)cc2[N+](=O)[O-])c(F)cc1F. The van der Waals surface area contributed by atoms with Gasteiger partial charge in [-0.05, 0) is 15.9 Å². The fraction of sp³-hybridized carbons (Fsp3) is 0. The molecule has 6 nitrogen and oxygen atoms in total. The van der Waals surface area contributed by atoms with Gasteiger partial charge in [-0.25, -0.2) is 13.2 Å². The number of halogens is 4. The highest BCUT2D eigenvalue weighted by atomic mass is 79.9. The van der Waals surface area contributed by atoms with Crippen LogP contribution in [0.25, 0.3) is 0 Å². The van der Waals surface area contributed by atoms with E-state index >= 15 is 0 Å². The van der Waals surface area contributed by atoms with E-state index in [4.69, 9.17) is 10.5 Å². The first-order valence-electron chi connectivity index (χ1n) is 5.22. The van der Waals surface area contributed by atoms with Gasteiger partial charge in [0.1, 0.15) is 5.82 Å². The summed E-state index contributed by atoms with van der Waals surface area (Å²) in [6.07, 6.45) is 0. The predicted molar refractivity (Wildman–Crippen MR) is 69.4 cm³/mol. The summed E-state index contributed by atoms with van der Waals surface area (Å²) in [6.45, 7) is 0. The number of hydrogen-bond donors (Lipinski definition) is 1. The normalized spacial score (nSPS) is 10.5. The van der Waals surface area contributed by atoms with Crippen molar-refractivity contribution in [3.8, 4) is 11.6 Å². The molecule has 0 radical (unpaired) electrons. The summed E-state index contributed by atoms with van der Waals surface area (Å²) >= 11 is 2.78. The molecule has 0 aliphatic rings. The van der Waals surface area contributed by atoms with Gasteiger partial charge in [-0.2, -0.15) is 4.98 Å². The average Bonchev–Trinajstić information content (AvgIpc) is 2.39. The predicted octanol–water partition coefficient (Wildman–Crippen LogP) is 3.54. The van der Waals surface area contributed by atoms with Crippen LogP contribution < -0.4 is 10.5 Å². The molecule has 1 aromatic carbocycles. The van der Waals surface area contributed by atoms with E-state index in [1.165, 1.54) is 0 Å². The van der Waals surface area contributed by atoms with E-state index in [9.17, 15) is 23.3 Å². The zero-order valence-corrected chi connectivity index (χ0v) is 11.5. The highest BCUT2D eigenvalue weighted by Crippen LogP contribution is 2.36. The van der Waals surface area contributed by atoms with Crippen LogP contribution in [0, 0.1) is 27.6 Å². The van der Waals surface area contributed by atoms with Gasteiger partial charge in [-0.15, -0.1) is 0 Å². The molecule has 2 rings (SSSR count). The zero-order chi connectivity index (χ0) is 15.7. The number of nitrogens with zero attached hydrogens (tertiary/aromatic N) is 2. The third kappa shape index (κ3) is 3.05.